The van der Waals surface area contributed by atoms with Crippen LogP contribution >= 0.6 is 0 Å². The predicted octanol–water partition coefficient (Wildman–Crippen LogP) is 9.35. The van der Waals surface area contributed by atoms with E-state index in [2.05, 4.69) is 50.3 Å². The number of allylic oxidation sites excluding steroid dienone is 6. The van der Waals surface area contributed by atoms with Crippen LogP contribution in [0, 0.1) is 0 Å². The van der Waals surface area contributed by atoms with Crippen molar-refractivity contribution in [2.45, 2.75) is 180 Å². The Labute approximate surface area is 313 Å². The molecule has 0 rings (SSSR count). The monoisotopic (exact) mass is 720 g/mol. The fourth-order valence-corrected chi connectivity index (χ4v) is 5.85. The van der Waals surface area contributed by atoms with Crippen molar-refractivity contribution in [2.24, 2.45) is 0 Å². The number of rotatable bonds is 36. The van der Waals surface area contributed by atoms with E-state index in [9.17, 15) is 19.5 Å². The summed E-state index contributed by atoms with van der Waals surface area (Å²) < 4.78 is 17.1. The second-order valence-corrected chi connectivity index (χ2v) is 14.8. The summed E-state index contributed by atoms with van der Waals surface area (Å²) >= 11 is 0. The van der Waals surface area contributed by atoms with Crippen molar-refractivity contribution in [3.63, 3.8) is 0 Å². The first-order chi connectivity index (χ1) is 24.6. The molecule has 0 aliphatic carbocycles. The summed E-state index contributed by atoms with van der Waals surface area (Å²) in [5.74, 6) is -1.75. The molecule has 296 valence electrons. The van der Waals surface area contributed by atoms with E-state index in [4.69, 9.17) is 14.2 Å². The van der Waals surface area contributed by atoms with Gasteiger partial charge in [0, 0.05) is 19.3 Å². The van der Waals surface area contributed by atoms with Crippen LogP contribution in [0.25, 0.3) is 0 Å². The van der Waals surface area contributed by atoms with Crippen LogP contribution in [0.15, 0.2) is 36.5 Å². The second kappa shape index (κ2) is 34.6. The van der Waals surface area contributed by atoms with E-state index in [0.717, 1.165) is 70.6 Å². The SMILES string of the molecule is CC/C=C/C/C=C/C/C=C/CCCCCCCCC(=O)OCC(COCCC(C(=O)[O-])[N+](C)(C)C)OC(=O)CCCCCCCCCCCCC. The van der Waals surface area contributed by atoms with Gasteiger partial charge in [0.25, 0.3) is 0 Å². The van der Waals surface area contributed by atoms with Gasteiger partial charge in [-0.2, -0.15) is 0 Å². The molecule has 0 aromatic rings. The molecule has 0 N–H and O–H groups in total. The molecule has 0 amide bonds. The van der Waals surface area contributed by atoms with E-state index in [1.54, 1.807) is 21.1 Å². The van der Waals surface area contributed by atoms with Gasteiger partial charge in [0.2, 0.25) is 0 Å². The molecule has 0 saturated carbocycles. The lowest BCUT2D eigenvalue weighted by atomic mass is 10.1. The smallest absolute Gasteiger partial charge is 0.306 e. The van der Waals surface area contributed by atoms with Crippen LogP contribution in [0.4, 0.5) is 0 Å². The van der Waals surface area contributed by atoms with E-state index in [1.807, 2.05) is 0 Å². The summed E-state index contributed by atoms with van der Waals surface area (Å²) in [6.45, 7) is 4.52. The van der Waals surface area contributed by atoms with Gasteiger partial charge < -0.3 is 28.6 Å². The second-order valence-electron chi connectivity index (χ2n) is 14.8. The Kier molecular flexibility index (Phi) is 33.0. The molecular weight excluding hydrogens is 642 g/mol. The van der Waals surface area contributed by atoms with Crippen molar-refractivity contribution in [1.29, 1.82) is 0 Å². The first-order valence-corrected chi connectivity index (χ1v) is 20.5. The van der Waals surface area contributed by atoms with Gasteiger partial charge in [0.15, 0.2) is 6.10 Å². The van der Waals surface area contributed by atoms with Crippen LogP contribution in [-0.4, -0.2) is 75.5 Å². The number of nitrogens with zero attached hydrogens (tertiary/aromatic N) is 1. The van der Waals surface area contributed by atoms with Gasteiger partial charge in [-0.3, -0.25) is 9.59 Å². The number of hydrogen-bond acceptors (Lipinski definition) is 7. The van der Waals surface area contributed by atoms with E-state index < -0.39 is 18.1 Å². The van der Waals surface area contributed by atoms with Crippen molar-refractivity contribution in [3.05, 3.63) is 36.5 Å². The highest BCUT2D eigenvalue weighted by molar-refractivity contribution is 5.70. The number of carbonyl (C=O) groups is 3. The van der Waals surface area contributed by atoms with Crippen LogP contribution in [0.3, 0.4) is 0 Å². The number of likely N-dealkylation sites (N-methyl/N-ethyl adjacent to an activating group) is 1. The van der Waals surface area contributed by atoms with Crippen LogP contribution < -0.4 is 5.11 Å². The molecule has 8 nitrogen and oxygen atoms in total. The minimum atomic E-state index is -1.13. The van der Waals surface area contributed by atoms with Crippen molar-refractivity contribution in [1.82, 2.24) is 0 Å². The Balaban J connectivity index is 4.37. The number of esters is 2. The highest BCUT2D eigenvalue weighted by atomic mass is 16.6. The zero-order valence-electron chi connectivity index (χ0n) is 33.5. The molecule has 0 aliphatic rings. The molecule has 0 aromatic carbocycles. The molecular formula is C43H77NO7. The highest BCUT2D eigenvalue weighted by Crippen LogP contribution is 2.14. The van der Waals surface area contributed by atoms with Crippen molar-refractivity contribution in [2.75, 3.05) is 41.0 Å². The third-order valence-corrected chi connectivity index (χ3v) is 9.04. The summed E-state index contributed by atoms with van der Waals surface area (Å²) in [4.78, 5) is 36.7. The highest BCUT2D eigenvalue weighted by Gasteiger charge is 2.25. The molecule has 0 spiro atoms. The summed E-state index contributed by atoms with van der Waals surface area (Å²) in [5, 5.41) is 11.6. The standard InChI is InChI=1S/C43H77NO7/c1-6-8-10-12-14-16-18-19-20-21-22-24-25-27-29-31-33-41(45)50-38-39(37-49-36-35-40(43(47)48)44(3,4)5)51-42(46)34-32-30-28-26-23-17-15-13-11-9-7-2/h8,10,14,16,19-20,39-40H,6-7,9,11-13,15,17-18,21-38H2,1-5H3/b10-8+,16-14+,20-19+. The van der Waals surface area contributed by atoms with Gasteiger partial charge in [0.1, 0.15) is 12.6 Å². The maximum atomic E-state index is 12.6. The Morgan fingerprint density at radius 2 is 1.10 bits per heavy atom. The average molecular weight is 720 g/mol. The molecule has 8 heteroatoms. The Morgan fingerprint density at radius 3 is 1.63 bits per heavy atom. The number of unbranched alkanes of at least 4 members (excludes halogenated alkanes) is 16. The molecule has 0 bridgehead atoms. The maximum Gasteiger partial charge on any atom is 0.306 e. The predicted molar refractivity (Wildman–Crippen MR) is 208 cm³/mol. The van der Waals surface area contributed by atoms with Gasteiger partial charge in [-0.05, 0) is 44.9 Å². The fourth-order valence-electron chi connectivity index (χ4n) is 5.85. The van der Waals surface area contributed by atoms with Gasteiger partial charge >= 0.3 is 11.9 Å². The summed E-state index contributed by atoms with van der Waals surface area (Å²) in [7, 11) is 5.40. The fraction of sp³-hybridized carbons (Fsp3) is 0.791. The van der Waals surface area contributed by atoms with Crippen molar-refractivity contribution in [3.8, 4) is 0 Å². The zero-order chi connectivity index (χ0) is 37.8. The van der Waals surface area contributed by atoms with E-state index in [0.29, 0.717) is 12.8 Å². The molecule has 0 radical (unpaired) electrons. The molecule has 51 heavy (non-hydrogen) atoms. The van der Waals surface area contributed by atoms with Gasteiger partial charge in [0.05, 0.1) is 40.3 Å². The number of hydrogen-bond donors (Lipinski definition) is 0. The molecule has 2 unspecified atom stereocenters. The number of ether oxygens (including phenoxy) is 3. The first kappa shape index (κ1) is 48.5. The Hall–Kier alpha value is -2.45. The minimum absolute atomic E-state index is 0.0384. The maximum absolute atomic E-state index is 12.6. The largest absolute Gasteiger partial charge is 0.544 e. The molecule has 0 aromatic heterocycles. The third kappa shape index (κ3) is 33.2. The van der Waals surface area contributed by atoms with E-state index >= 15 is 0 Å². The minimum Gasteiger partial charge on any atom is -0.544 e. The molecule has 0 heterocycles. The summed E-state index contributed by atoms with van der Waals surface area (Å²) in [6.07, 6.45) is 37.3. The molecule has 0 fully saturated rings. The lowest BCUT2D eigenvalue weighted by Crippen LogP contribution is -2.55. The quantitative estimate of drug-likeness (QED) is 0.0275. The average Bonchev–Trinajstić information content (AvgIpc) is 3.08. The van der Waals surface area contributed by atoms with Gasteiger partial charge in [-0.1, -0.05) is 140 Å². The lowest BCUT2D eigenvalue weighted by molar-refractivity contribution is -0.889. The zero-order valence-corrected chi connectivity index (χ0v) is 33.5. The number of aliphatic carboxylic acids is 1. The van der Waals surface area contributed by atoms with E-state index in [1.165, 1.54) is 64.2 Å². The molecule has 0 saturated heterocycles. The third-order valence-electron chi connectivity index (χ3n) is 9.04. The van der Waals surface area contributed by atoms with Gasteiger partial charge in [-0.25, -0.2) is 0 Å². The molecule has 2 atom stereocenters. The molecule has 0 aliphatic heterocycles. The first-order valence-electron chi connectivity index (χ1n) is 20.5. The van der Waals surface area contributed by atoms with Gasteiger partial charge in [-0.15, -0.1) is 0 Å². The Morgan fingerprint density at radius 1 is 0.608 bits per heavy atom. The Bertz CT molecular complexity index is 937. The normalized spacial score (nSPS) is 13.4. The lowest BCUT2D eigenvalue weighted by Gasteiger charge is -2.34. The number of carboxylic acids is 1. The summed E-state index contributed by atoms with van der Waals surface area (Å²) in [6, 6.07) is -0.725. The number of carbonyl (C=O) groups excluding carboxylic acids is 3. The van der Waals surface area contributed by atoms with Crippen LogP contribution in [0.1, 0.15) is 168 Å². The van der Waals surface area contributed by atoms with Crippen LogP contribution in [0.5, 0.6) is 0 Å². The number of quaternary nitrogens is 1. The van der Waals surface area contributed by atoms with Crippen LogP contribution in [0.2, 0.25) is 0 Å². The number of carboxylic acid groups (broad SMARTS) is 1. The summed E-state index contributed by atoms with van der Waals surface area (Å²) in [5.41, 5.74) is 0. The van der Waals surface area contributed by atoms with E-state index in [-0.39, 0.29) is 42.7 Å². The van der Waals surface area contributed by atoms with Crippen LogP contribution in [-0.2, 0) is 28.6 Å². The van der Waals surface area contributed by atoms with Crippen molar-refractivity contribution < 1.29 is 38.2 Å². The van der Waals surface area contributed by atoms with Crippen molar-refractivity contribution >= 4 is 17.9 Å². The topological polar surface area (TPSA) is 102 Å².